The van der Waals surface area contributed by atoms with E-state index < -0.39 is 5.97 Å². The predicted molar refractivity (Wildman–Crippen MR) is 81.0 cm³/mol. The molecule has 21 heavy (non-hydrogen) atoms. The van der Waals surface area contributed by atoms with Gasteiger partial charge in [0.2, 0.25) is 0 Å². The summed E-state index contributed by atoms with van der Waals surface area (Å²) in [5.41, 5.74) is 1.60. The van der Waals surface area contributed by atoms with Crippen LogP contribution in [0.4, 0.5) is 0 Å². The summed E-state index contributed by atoms with van der Waals surface area (Å²) in [4.78, 5) is 15.4. The highest BCUT2D eigenvalue weighted by atomic mass is 35.5. The fourth-order valence-corrected chi connectivity index (χ4v) is 2.28. The van der Waals surface area contributed by atoms with Crippen LogP contribution in [0.15, 0.2) is 60.8 Å². The molecule has 0 aliphatic rings. The average Bonchev–Trinajstić information content (AvgIpc) is 2.93. The minimum absolute atomic E-state index is 0.00571. The lowest BCUT2D eigenvalue weighted by atomic mass is 10.2. The van der Waals surface area contributed by atoms with Crippen molar-refractivity contribution in [2.75, 3.05) is 0 Å². The molecule has 2 aromatic carbocycles. The number of carboxylic acids is 1. The molecule has 0 saturated heterocycles. The molecule has 0 aliphatic carbocycles. The number of rotatable bonds is 3. The third kappa shape index (κ3) is 2.66. The van der Waals surface area contributed by atoms with E-state index in [-0.39, 0.29) is 5.69 Å². The predicted octanol–water partition coefficient (Wildman–Crippen LogP) is 3.89. The molecule has 0 amide bonds. The number of benzene rings is 2. The summed E-state index contributed by atoms with van der Waals surface area (Å²) in [6.45, 7) is 0. The zero-order valence-corrected chi connectivity index (χ0v) is 11.7. The maximum atomic E-state index is 11.2. The van der Waals surface area contributed by atoms with Crippen LogP contribution in [-0.2, 0) is 0 Å². The van der Waals surface area contributed by atoms with E-state index in [1.54, 1.807) is 16.7 Å². The molecule has 0 radical (unpaired) electrons. The Balaban J connectivity index is 2.21. The second kappa shape index (κ2) is 5.42. The van der Waals surface area contributed by atoms with Gasteiger partial charge in [0.05, 0.1) is 0 Å². The van der Waals surface area contributed by atoms with Crippen molar-refractivity contribution in [1.29, 1.82) is 0 Å². The van der Waals surface area contributed by atoms with Gasteiger partial charge in [-0.25, -0.2) is 9.78 Å². The Morgan fingerprint density at radius 2 is 1.86 bits per heavy atom. The zero-order valence-electron chi connectivity index (χ0n) is 10.9. The van der Waals surface area contributed by atoms with Crippen LogP contribution in [-0.4, -0.2) is 20.6 Å². The highest BCUT2D eigenvalue weighted by Gasteiger charge is 2.15. The zero-order chi connectivity index (χ0) is 14.8. The molecule has 0 unspecified atom stereocenters. The molecule has 0 aliphatic heterocycles. The molecule has 5 heteroatoms. The molecule has 0 spiro atoms. The molecule has 0 atom stereocenters. The van der Waals surface area contributed by atoms with E-state index in [0.29, 0.717) is 10.8 Å². The molecular weight excluding hydrogens is 288 g/mol. The highest BCUT2D eigenvalue weighted by molar-refractivity contribution is 6.30. The summed E-state index contributed by atoms with van der Waals surface area (Å²) in [5.74, 6) is -0.497. The quantitative estimate of drug-likeness (QED) is 0.798. The summed E-state index contributed by atoms with van der Waals surface area (Å²) in [5, 5.41) is 9.75. The molecular formula is C16H11ClN2O2. The first kappa shape index (κ1) is 13.4. The van der Waals surface area contributed by atoms with Gasteiger partial charge < -0.3 is 5.11 Å². The van der Waals surface area contributed by atoms with Crippen molar-refractivity contribution in [1.82, 2.24) is 9.55 Å². The standard InChI is InChI=1S/C16H11ClN2O2/c17-12-7-4-8-13(9-12)19-10-14(16(20)21)18-15(19)11-5-2-1-3-6-11/h1-10H,(H,20,21). The van der Waals surface area contributed by atoms with E-state index in [9.17, 15) is 4.79 Å². The third-order valence-electron chi connectivity index (χ3n) is 3.04. The highest BCUT2D eigenvalue weighted by Crippen LogP contribution is 2.24. The van der Waals surface area contributed by atoms with Gasteiger partial charge in [-0.3, -0.25) is 4.57 Å². The molecule has 3 rings (SSSR count). The Labute approximate surface area is 126 Å². The lowest BCUT2D eigenvalue weighted by molar-refractivity contribution is 0.0691. The van der Waals surface area contributed by atoms with Crippen molar-refractivity contribution in [2.45, 2.75) is 0 Å². The number of aromatic nitrogens is 2. The smallest absolute Gasteiger partial charge is 0.356 e. The topological polar surface area (TPSA) is 55.1 Å². The molecule has 0 saturated carbocycles. The first-order chi connectivity index (χ1) is 10.1. The van der Waals surface area contributed by atoms with Crippen molar-refractivity contribution in [2.24, 2.45) is 0 Å². The minimum atomic E-state index is -1.06. The Kier molecular flexibility index (Phi) is 3.46. The summed E-state index contributed by atoms with van der Waals surface area (Å²) < 4.78 is 1.73. The minimum Gasteiger partial charge on any atom is -0.476 e. The Hall–Kier alpha value is -2.59. The normalized spacial score (nSPS) is 10.5. The van der Waals surface area contributed by atoms with E-state index in [4.69, 9.17) is 16.7 Å². The Morgan fingerprint density at radius 1 is 1.10 bits per heavy atom. The van der Waals surface area contributed by atoms with Gasteiger partial charge in [-0.15, -0.1) is 0 Å². The van der Waals surface area contributed by atoms with Crippen LogP contribution in [0.1, 0.15) is 10.5 Å². The van der Waals surface area contributed by atoms with Crippen LogP contribution in [0, 0.1) is 0 Å². The second-order valence-electron chi connectivity index (χ2n) is 4.47. The number of hydrogen-bond acceptors (Lipinski definition) is 2. The van der Waals surface area contributed by atoms with Gasteiger partial charge >= 0.3 is 5.97 Å². The van der Waals surface area contributed by atoms with E-state index in [0.717, 1.165) is 11.3 Å². The number of aromatic carboxylic acids is 1. The monoisotopic (exact) mass is 298 g/mol. The van der Waals surface area contributed by atoms with Gasteiger partial charge in [-0.1, -0.05) is 48.0 Å². The lowest BCUT2D eigenvalue weighted by Crippen LogP contribution is -1.96. The number of hydrogen-bond donors (Lipinski definition) is 1. The van der Waals surface area contributed by atoms with Gasteiger partial charge in [-0.05, 0) is 18.2 Å². The van der Waals surface area contributed by atoms with Crippen molar-refractivity contribution in [3.05, 3.63) is 71.5 Å². The van der Waals surface area contributed by atoms with Gasteiger partial charge in [0.1, 0.15) is 5.82 Å². The van der Waals surface area contributed by atoms with Crippen molar-refractivity contribution in [3.8, 4) is 17.1 Å². The van der Waals surface area contributed by atoms with Crippen LogP contribution >= 0.6 is 11.6 Å². The molecule has 0 fully saturated rings. The van der Waals surface area contributed by atoms with Crippen LogP contribution < -0.4 is 0 Å². The second-order valence-corrected chi connectivity index (χ2v) is 4.91. The van der Waals surface area contributed by atoms with Gasteiger partial charge in [0, 0.05) is 22.5 Å². The third-order valence-corrected chi connectivity index (χ3v) is 3.28. The van der Waals surface area contributed by atoms with E-state index in [1.165, 1.54) is 6.20 Å². The van der Waals surface area contributed by atoms with E-state index in [2.05, 4.69) is 4.98 Å². The Morgan fingerprint density at radius 3 is 2.52 bits per heavy atom. The fourth-order valence-electron chi connectivity index (χ4n) is 2.10. The van der Waals surface area contributed by atoms with Crippen molar-refractivity contribution in [3.63, 3.8) is 0 Å². The maximum absolute atomic E-state index is 11.2. The first-order valence-corrected chi connectivity index (χ1v) is 6.67. The molecule has 4 nitrogen and oxygen atoms in total. The van der Waals surface area contributed by atoms with Crippen molar-refractivity contribution >= 4 is 17.6 Å². The largest absolute Gasteiger partial charge is 0.476 e. The average molecular weight is 299 g/mol. The summed E-state index contributed by atoms with van der Waals surface area (Å²) >= 11 is 6.01. The van der Waals surface area contributed by atoms with Crippen LogP contribution in [0.25, 0.3) is 17.1 Å². The molecule has 1 aromatic heterocycles. The van der Waals surface area contributed by atoms with Crippen molar-refractivity contribution < 1.29 is 9.90 Å². The maximum Gasteiger partial charge on any atom is 0.356 e. The van der Waals surface area contributed by atoms with Crippen LogP contribution in [0.3, 0.4) is 0 Å². The summed E-state index contributed by atoms with van der Waals surface area (Å²) in [7, 11) is 0. The summed E-state index contributed by atoms with van der Waals surface area (Å²) in [6.07, 6.45) is 1.50. The number of nitrogens with zero attached hydrogens (tertiary/aromatic N) is 2. The van der Waals surface area contributed by atoms with E-state index in [1.807, 2.05) is 42.5 Å². The van der Waals surface area contributed by atoms with Gasteiger partial charge in [0.25, 0.3) is 0 Å². The SMILES string of the molecule is O=C(O)c1cn(-c2cccc(Cl)c2)c(-c2ccccc2)n1. The number of halogens is 1. The molecule has 1 heterocycles. The van der Waals surface area contributed by atoms with Crippen LogP contribution in [0.5, 0.6) is 0 Å². The number of imidazole rings is 1. The number of carbonyl (C=O) groups is 1. The Bertz CT molecular complexity index is 797. The first-order valence-electron chi connectivity index (χ1n) is 6.29. The summed E-state index contributed by atoms with van der Waals surface area (Å²) in [6, 6.07) is 16.6. The van der Waals surface area contributed by atoms with Gasteiger partial charge in [0.15, 0.2) is 5.69 Å². The molecule has 104 valence electrons. The van der Waals surface area contributed by atoms with Crippen LogP contribution in [0.2, 0.25) is 5.02 Å². The molecule has 1 N–H and O–H groups in total. The molecule has 3 aromatic rings. The van der Waals surface area contributed by atoms with E-state index >= 15 is 0 Å². The fraction of sp³-hybridized carbons (Fsp3) is 0. The van der Waals surface area contributed by atoms with Gasteiger partial charge in [-0.2, -0.15) is 0 Å². The number of carboxylic acid groups (broad SMARTS) is 1. The molecule has 0 bridgehead atoms. The lowest BCUT2D eigenvalue weighted by Gasteiger charge is -2.08.